The Bertz CT molecular complexity index is 396. The Morgan fingerprint density at radius 3 is 2.68 bits per heavy atom. The summed E-state index contributed by atoms with van der Waals surface area (Å²) in [5, 5.41) is 3.39. The molecule has 1 atom stereocenters. The van der Waals surface area contributed by atoms with Crippen molar-refractivity contribution in [1.82, 2.24) is 15.1 Å². The smallest absolute Gasteiger partial charge is 0.289 e. The molecular weight excluding hydrogens is 266 g/mol. The lowest BCUT2D eigenvalue weighted by Gasteiger charge is -2.37. The number of halogens is 1. The molecule has 2 aliphatic heterocycles. The van der Waals surface area contributed by atoms with E-state index in [2.05, 4.69) is 10.2 Å². The number of nitrogens with zero attached hydrogens (tertiary/aromatic N) is 2. The quantitative estimate of drug-likeness (QED) is 0.874. The Labute approximate surface area is 119 Å². The molecule has 1 aromatic rings. The van der Waals surface area contributed by atoms with E-state index in [1.807, 2.05) is 4.90 Å². The van der Waals surface area contributed by atoms with Gasteiger partial charge in [-0.3, -0.25) is 9.69 Å². The summed E-state index contributed by atoms with van der Waals surface area (Å²) in [6, 6.07) is 4.15. The molecule has 0 aliphatic carbocycles. The van der Waals surface area contributed by atoms with Crippen molar-refractivity contribution in [3.8, 4) is 0 Å². The number of nitrogens with one attached hydrogen (secondary N) is 1. The second-order valence-electron chi connectivity index (χ2n) is 4.95. The van der Waals surface area contributed by atoms with Crippen LogP contribution in [0.5, 0.6) is 0 Å². The minimum atomic E-state index is 0. The van der Waals surface area contributed by atoms with Gasteiger partial charge in [-0.25, -0.2) is 0 Å². The van der Waals surface area contributed by atoms with Crippen LogP contribution >= 0.6 is 12.4 Å². The van der Waals surface area contributed by atoms with Crippen molar-refractivity contribution in [3.05, 3.63) is 24.2 Å². The van der Waals surface area contributed by atoms with E-state index in [4.69, 9.17) is 4.42 Å². The predicted molar refractivity (Wildman–Crippen MR) is 74.7 cm³/mol. The number of piperazine rings is 1. The van der Waals surface area contributed by atoms with E-state index in [1.54, 1.807) is 18.4 Å². The van der Waals surface area contributed by atoms with E-state index in [1.165, 1.54) is 6.42 Å². The first-order chi connectivity index (χ1) is 8.84. The van der Waals surface area contributed by atoms with E-state index >= 15 is 0 Å². The molecule has 3 rings (SSSR count). The van der Waals surface area contributed by atoms with E-state index in [0.29, 0.717) is 11.8 Å². The monoisotopic (exact) mass is 285 g/mol. The zero-order chi connectivity index (χ0) is 12.4. The average molecular weight is 286 g/mol. The molecule has 0 bridgehead atoms. The second kappa shape index (κ2) is 6.41. The molecule has 1 N–H and O–H groups in total. The number of carbonyl (C=O) groups excluding carboxylic acids is 1. The van der Waals surface area contributed by atoms with Crippen LogP contribution in [0.2, 0.25) is 0 Å². The Balaban J connectivity index is 0.00000133. The van der Waals surface area contributed by atoms with Crippen molar-refractivity contribution in [2.45, 2.75) is 12.5 Å². The molecule has 1 amide bonds. The second-order valence-corrected chi connectivity index (χ2v) is 4.95. The van der Waals surface area contributed by atoms with E-state index < -0.39 is 0 Å². The first-order valence-corrected chi connectivity index (χ1v) is 6.62. The van der Waals surface area contributed by atoms with E-state index in [9.17, 15) is 4.79 Å². The van der Waals surface area contributed by atoms with Gasteiger partial charge < -0.3 is 14.6 Å². The van der Waals surface area contributed by atoms with Crippen LogP contribution in [0.3, 0.4) is 0 Å². The van der Waals surface area contributed by atoms with Gasteiger partial charge >= 0.3 is 0 Å². The van der Waals surface area contributed by atoms with E-state index in [0.717, 1.165) is 39.3 Å². The maximum atomic E-state index is 12.1. The standard InChI is InChI=1S/C13H19N3O2.ClH/c17-13(12-2-1-9-18-12)16-7-5-15(6-8-16)11-3-4-14-10-11;/h1-2,9,11,14H,3-8,10H2;1H. The maximum Gasteiger partial charge on any atom is 0.289 e. The maximum absolute atomic E-state index is 12.1. The third-order valence-corrected chi connectivity index (χ3v) is 3.88. The average Bonchev–Trinajstić information content (AvgIpc) is 3.11. The highest BCUT2D eigenvalue weighted by atomic mass is 35.5. The number of hydrogen-bond acceptors (Lipinski definition) is 4. The summed E-state index contributed by atoms with van der Waals surface area (Å²) in [7, 11) is 0. The summed E-state index contributed by atoms with van der Waals surface area (Å²) >= 11 is 0. The molecule has 106 valence electrons. The van der Waals surface area contributed by atoms with Gasteiger partial charge in [-0.1, -0.05) is 0 Å². The molecule has 2 saturated heterocycles. The van der Waals surface area contributed by atoms with Crippen molar-refractivity contribution in [3.63, 3.8) is 0 Å². The van der Waals surface area contributed by atoms with Gasteiger partial charge in [0.2, 0.25) is 0 Å². The Morgan fingerprint density at radius 2 is 2.11 bits per heavy atom. The topological polar surface area (TPSA) is 48.7 Å². The van der Waals surface area contributed by atoms with Gasteiger partial charge in [-0.15, -0.1) is 12.4 Å². The summed E-state index contributed by atoms with van der Waals surface area (Å²) in [6.07, 6.45) is 2.78. The first-order valence-electron chi connectivity index (χ1n) is 6.62. The number of rotatable bonds is 2. The van der Waals surface area contributed by atoms with Crippen LogP contribution in [0.4, 0.5) is 0 Å². The largest absolute Gasteiger partial charge is 0.459 e. The lowest BCUT2D eigenvalue weighted by molar-refractivity contribution is 0.0555. The van der Waals surface area contributed by atoms with Crippen molar-refractivity contribution < 1.29 is 9.21 Å². The lowest BCUT2D eigenvalue weighted by Crippen LogP contribution is -2.52. The summed E-state index contributed by atoms with van der Waals surface area (Å²) in [5.74, 6) is 0.468. The summed E-state index contributed by atoms with van der Waals surface area (Å²) in [4.78, 5) is 16.5. The van der Waals surface area contributed by atoms with Crippen LogP contribution in [0, 0.1) is 0 Å². The first kappa shape index (κ1) is 14.4. The molecule has 3 heterocycles. The van der Waals surface area contributed by atoms with Gasteiger partial charge in [-0.05, 0) is 25.1 Å². The van der Waals surface area contributed by atoms with Crippen LogP contribution in [-0.2, 0) is 0 Å². The van der Waals surface area contributed by atoms with Gasteiger partial charge in [0.25, 0.3) is 5.91 Å². The van der Waals surface area contributed by atoms with Gasteiger partial charge in [0.05, 0.1) is 6.26 Å². The molecule has 1 aromatic heterocycles. The molecule has 0 saturated carbocycles. The molecule has 0 spiro atoms. The van der Waals surface area contributed by atoms with Gasteiger partial charge in [0.1, 0.15) is 0 Å². The predicted octanol–water partition coefficient (Wildman–Crippen LogP) is 0.821. The van der Waals surface area contributed by atoms with Crippen molar-refractivity contribution in [2.75, 3.05) is 39.3 Å². The number of amides is 1. The Morgan fingerprint density at radius 1 is 1.32 bits per heavy atom. The zero-order valence-corrected chi connectivity index (χ0v) is 11.7. The summed E-state index contributed by atoms with van der Waals surface area (Å²) < 4.78 is 5.16. The van der Waals surface area contributed by atoms with Crippen molar-refractivity contribution >= 4 is 18.3 Å². The molecule has 1 unspecified atom stereocenters. The fourth-order valence-corrected chi connectivity index (χ4v) is 2.80. The Hall–Kier alpha value is -1.04. The van der Waals surface area contributed by atoms with Crippen LogP contribution in [-0.4, -0.2) is 61.0 Å². The normalized spacial score (nSPS) is 24.2. The zero-order valence-electron chi connectivity index (χ0n) is 10.9. The fourth-order valence-electron chi connectivity index (χ4n) is 2.80. The van der Waals surface area contributed by atoms with Gasteiger partial charge in [-0.2, -0.15) is 0 Å². The van der Waals surface area contributed by atoms with Gasteiger partial charge in [0, 0.05) is 38.8 Å². The number of carbonyl (C=O) groups is 1. The van der Waals surface area contributed by atoms with Crippen molar-refractivity contribution in [1.29, 1.82) is 0 Å². The molecule has 0 radical (unpaired) electrons. The molecule has 5 nitrogen and oxygen atoms in total. The molecule has 2 aliphatic rings. The number of furan rings is 1. The molecule has 2 fully saturated rings. The highest BCUT2D eigenvalue weighted by molar-refractivity contribution is 5.91. The SMILES string of the molecule is Cl.O=C(c1ccco1)N1CCN(C2CCNC2)CC1. The van der Waals surface area contributed by atoms with Gasteiger partial charge in [0.15, 0.2) is 5.76 Å². The molecule has 0 aromatic carbocycles. The summed E-state index contributed by atoms with van der Waals surface area (Å²) in [6.45, 7) is 5.76. The highest BCUT2D eigenvalue weighted by Gasteiger charge is 2.28. The van der Waals surface area contributed by atoms with Crippen LogP contribution in [0.1, 0.15) is 17.0 Å². The molecule has 6 heteroatoms. The highest BCUT2D eigenvalue weighted by Crippen LogP contribution is 2.14. The third-order valence-electron chi connectivity index (χ3n) is 3.88. The molecule has 19 heavy (non-hydrogen) atoms. The van der Waals surface area contributed by atoms with Crippen LogP contribution < -0.4 is 5.32 Å². The minimum absolute atomic E-state index is 0. The van der Waals surface area contributed by atoms with Crippen LogP contribution in [0.25, 0.3) is 0 Å². The van der Waals surface area contributed by atoms with Crippen molar-refractivity contribution in [2.24, 2.45) is 0 Å². The van der Waals surface area contributed by atoms with E-state index in [-0.39, 0.29) is 18.3 Å². The molecular formula is C13H20ClN3O2. The number of hydrogen-bond donors (Lipinski definition) is 1. The fraction of sp³-hybridized carbons (Fsp3) is 0.615. The third kappa shape index (κ3) is 3.11. The summed E-state index contributed by atoms with van der Waals surface area (Å²) in [5.41, 5.74) is 0. The lowest BCUT2D eigenvalue weighted by atomic mass is 10.2. The Kier molecular flexibility index (Phi) is 4.85. The van der Waals surface area contributed by atoms with Crippen LogP contribution in [0.15, 0.2) is 22.8 Å². The minimum Gasteiger partial charge on any atom is -0.459 e.